The number of fused-ring (bicyclic) bond motifs is 1. The van der Waals surface area contributed by atoms with Gasteiger partial charge in [0.2, 0.25) is 0 Å². The molecule has 37 heavy (non-hydrogen) atoms. The van der Waals surface area contributed by atoms with Crippen LogP contribution >= 0.6 is 0 Å². The molecular weight excluding hydrogens is 474 g/mol. The molecule has 2 fully saturated rings. The number of anilines is 1. The number of nitrogens with zero attached hydrogens (tertiary/aromatic N) is 5. The first-order chi connectivity index (χ1) is 18.1. The van der Waals surface area contributed by atoms with Crippen LogP contribution in [0.15, 0.2) is 54.7 Å². The van der Waals surface area contributed by atoms with E-state index in [0.717, 1.165) is 43.1 Å². The number of ether oxygens (including phenoxy) is 1. The van der Waals surface area contributed by atoms with Crippen LogP contribution in [0.25, 0.3) is 16.9 Å². The van der Waals surface area contributed by atoms with Gasteiger partial charge in [0.05, 0.1) is 23.5 Å². The fourth-order valence-electron chi connectivity index (χ4n) is 5.33. The van der Waals surface area contributed by atoms with Gasteiger partial charge in [-0.2, -0.15) is 5.26 Å². The highest BCUT2D eigenvalue weighted by molar-refractivity contribution is 5.67. The van der Waals surface area contributed by atoms with Crippen molar-refractivity contribution in [2.45, 2.75) is 37.8 Å². The maximum Gasteiger partial charge on any atom is 0.154 e. The molecule has 2 aromatic heterocycles. The van der Waals surface area contributed by atoms with Gasteiger partial charge in [0.1, 0.15) is 35.9 Å². The van der Waals surface area contributed by atoms with E-state index in [0.29, 0.717) is 47.9 Å². The van der Waals surface area contributed by atoms with E-state index in [2.05, 4.69) is 16.4 Å². The van der Waals surface area contributed by atoms with Crippen LogP contribution in [-0.2, 0) is 0 Å². The molecule has 0 saturated carbocycles. The Morgan fingerprint density at radius 2 is 2.00 bits per heavy atom. The largest absolute Gasteiger partial charge is 0.491 e. The molecule has 9 heteroatoms. The quantitative estimate of drug-likeness (QED) is 0.401. The maximum atomic E-state index is 14.6. The molecule has 2 aliphatic rings. The topological polar surface area (TPSA) is 78.5 Å². The number of nitrogens with one attached hydrogen (secondary N) is 1. The lowest BCUT2D eigenvalue weighted by molar-refractivity contribution is 0.276. The second-order valence-corrected chi connectivity index (χ2v) is 9.55. The predicted octanol–water partition coefficient (Wildman–Crippen LogP) is 5.02. The molecule has 0 radical (unpaired) electrons. The van der Waals surface area contributed by atoms with Gasteiger partial charge < -0.3 is 15.0 Å². The number of rotatable bonds is 6. The van der Waals surface area contributed by atoms with Crippen LogP contribution in [0.5, 0.6) is 5.75 Å². The first-order valence-electron chi connectivity index (χ1n) is 12.6. The van der Waals surface area contributed by atoms with Gasteiger partial charge in [-0.1, -0.05) is 6.07 Å². The van der Waals surface area contributed by atoms with Crippen molar-refractivity contribution in [1.29, 1.82) is 5.26 Å². The molecule has 188 valence electrons. The molecule has 1 N–H and O–H groups in total. The molecule has 0 bridgehead atoms. The van der Waals surface area contributed by atoms with Crippen LogP contribution in [-0.4, -0.2) is 40.3 Å². The fourth-order valence-corrected chi connectivity index (χ4v) is 5.33. The Morgan fingerprint density at radius 3 is 2.84 bits per heavy atom. The Kier molecular flexibility index (Phi) is 6.18. The number of benzene rings is 2. The van der Waals surface area contributed by atoms with Crippen molar-refractivity contribution in [3.8, 4) is 23.1 Å². The number of nitriles is 1. The summed E-state index contributed by atoms with van der Waals surface area (Å²) in [6.07, 6.45) is 5.48. The second kappa shape index (κ2) is 9.79. The van der Waals surface area contributed by atoms with Crippen LogP contribution in [0, 0.1) is 23.0 Å². The molecule has 6 rings (SSSR count). The van der Waals surface area contributed by atoms with E-state index in [-0.39, 0.29) is 12.1 Å². The maximum absolute atomic E-state index is 14.6. The molecule has 1 unspecified atom stereocenters. The lowest BCUT2D eigenvalue weighted by atomic mass is 10.0. The molecule has 0 spiro atoms. The van der Waals surface area contributed by atoms with Crippen molar-refractivity contribution in [3.63, 3.8) is 0 Å². The van der Waals surface area contributed by atoms with Gasteiger partial charge in [0, 0.05) is 23.7 Å². The zero-order chi connectivity index (χ0) is 25.4. The normalized spacial score (nSPS) is 19.4. The van der Waals surface area contributed by atoms with Crippen LogP contribution in [0.2, 0.25) is 0 Å². The number of imidazole rings is 1. The molecule has 4 aromatic rings. The van der Waals surface area contributed by atoms with Gasteiger partial charge >= 0.3 is 0 Å². The molecular formula is C28H26F2N6O. The van der Waals surface area contributed by atoms with Crippen LogP contribution < -0.4 is 15.0 Å². The van der Waals surface area contributed by atoms with E-state index in [1.807, 2.05) is 29.2 Å². The van der Waals surface area contributed by atoms with E-state index in [1.165, 1.54) is 12.1 Å². The van der Waals surface area contributed by atoms with Crippen LogP contribution in [0.1, 0.15) is 42.9 Å². The van der Waals surface area contributed by atoms with Gasteiger partial charge in [-0.25, -0.2) is 18.3 Å². The van der Waals surface area contributed by atoms with E-state index < -0.39 is 11.6 Å². The number of aromatic nitrogens is 3. The minimum absolute atomic E-state index is 0.284. The zero-order valence-electron chi connectivity index (χ0n) is 20.2. The van der Waals surface area contributed by atoms with Gasteiger partial charge in [-0.15, -0.1) is 5.10 Å². The van der Waals surface area contributed by atoms with Crippen molar-refractivity contribution < 1.29 is 13.5 Å². The van der Waals surface area contributed by atoms with Crippen molar-refractivity contribution >= 4 is 11.5 Å². The zero-order valence-corrected chi connectivity index (χ0v) is 20.2. The Morgan fingerprint density at radius 1 is 1.08 bits per heavy atom. The summed E-state index contributed by atoms with van der Waals surface area (Å²) in [5.74, 6) is 0.322. The number of hydrogen-bond acceptors (Lipinski definition) is 6. The molecule has 2 atom stereocenters. The van der Waals surface area contributed by atoms with Gasteiger partial charge in [0.15, 0.2) is 5.65 Å². The fraction of sp³-hybridized carbons (Fsp3) is 0.321. The first-order valence-corrected chi connectivity index (χ1v) is 12.6. The highest BCUT2D eigenvalue weighted by Crippen LogP contribution is 2.37. The summed E-state index contributed by atoms with van der Waals surface area (Å²) >= 11 is 0. The summed E-state index contributed by atoms with van der Waals surface area (Å²) in [5.41, 5.74) is 3.04. The predicted molar refractivity (Wildman–Crippen MR) is 135 cm³/mol. The van der Waals surface area contributed by atoms with E-state index >= 15 is 0 Å². The van der Waals surface area contributed by atoms with E-state index in [9.17, 15) is 14.0 Å². The molecule has 2 aromatic carbocycles. The molecule has 7 nitrogen and oxygen atoms in total. The van der Waals surface area contributed by atoms with E-state index in [4.69, 9.17) is 9.84 Å². The van der Waals surface area contributed by atoms with Crippen molar-refractivity contribution in [1.82, 2.24) is 19.9 Å². The smallest absolute Gasteiger partial charge is 0.154 e. The third-order valence-electron chi connectivity index (χ3n) is 7.21. The summed E-state index contributed by atoms with van der Waals surface area (Å²) in [5, 5.41) is 17.8. The molecule has 0 aliphatic carbocycles. The van der Waals surface area contributed by atoms with Crippen molar-refractivity contribution in [3.05, 3.63) is 77.5 Å². The average Bonchev–Trinajstić information content (AvgIpc) is 3.69. The Bertz CT molecular complexity index is 1490. The summed E-state index contributed by atoms with van der Waals surface area (Å²) in [6, 6.07) is 15.0. The first kappa shape index (κ1) is 23.4. The Balaban J connectivity index is 1.33. The third-order valence-corrected chi connectivity index (χ3v) is 7.21. The lowest BCUT2D eigenvalue weighted by Gasteiger charge is -2.26. The highest BCUT2D eigenvalue weighted by atomic mass is 19.1. The summed E-state index contributed by atoms with van der Waals surface area (Å²) in [7, 11) is 0. The SMILES string of the molecule is N#Cc1ccc(-c2cnc3ccc(N4CCCC4c4cc(F)ccc4F)nn23)cc1OC[C@@H]1CCCN1. The van der Waals surface area contributed by atoms with Gasteiger partial charge in [0.25, 0.3) is 0 Å². The lowest BCUT2D eigenvalue weighted by Crippen LogP contribution is -2.28. The van der Waals surface area contributed by atoms with Gasteiger partial charge in [-0.05, 0) is 74.7 Å². The third kappa shape index (κ3) is 4.49. The summed E-state index contributed by atoms with van der Waals surface area (Å²) < 4.78 is 36.3. The van der Waals surface area contributed by atoms with Crippen LogP contribution in [0.3, 0.4) is 0 Å². The monoisotopic (exact) mass is 500 g/mol. The molecule has 0 amide bonds. The van der Waals surface area contributed by atoms with Crippen molar-refractivity contribution in [2.75, 3.05) is 24.6 Å². The van der Waals surface area contributed by atoms with E-state index in [1.54, 1.807) is 16.8 Å². The Hall–Kier alpha value is -4.03. The summed E-state index contributed by atoms with van der Waals surface area (Å²) in [4.78, 5) is 6.52. The molecule has 2 saturated heterocycles. The molecule has 2 aliphatic heterocycles. The number of hydrogen-bond donors (Lipinski definition) is 1. The molecule has 4 heterocycles. The summed E-state index contributed by atoms with van der Waals surface area (Å²) in [6.45, 7) is 2.17. The second-order valence-electron chi connectivity index (χ2n) is 9.55. The highest BCUT2D eigenvalue weighted by Gasteiger charge is 2.30. The minimum Gasteiger partial charge on any atom is -0.491 e. The van der Waals surface area contributed by atoms with Crippen LogP contribution in [0.4, 0.5) is 14.6 Å². The Labute approximate surface area is 213 Å². The van der Waals surface area contributed by atoms with Crippen molar-refractivity contribution in [2.24, 2.45) is 0 Å². The minimum atomic E-state index is -0.453. The standard InChI is InChI=1S/C28H26F2N6O/c29-20-7-8-23(30)22(14-20)24-4-2-12-35(24)28-10-9-27-33-16-25(36(27)34-28)18-5-6-19(15-31)26(13-18)37-17-21-3-1-11-32-21/h5-10,13-14,16,21,24,32H,1-4,11-12,17H2/t21-,24?/m0/s1. The van der Waals surface area contributed by atoms with Gasteiger partial charge in [-0.3, -0.25) is 0 Å². The average molecular weight is 501 g/mol. The number of halogens is 2.